The number of nitrogens with zero attached hydrogens (tertiary/aromatic N) is 6. The number of aromatic nitrogens is 5. The summed E-state index contributed by atoms with van der Waals surface area (Å²) in [6.07, 6.45) is 0. The zero-order valence-corrected chi connectivity index (χ0v) is 21.1. The molecule has 0 saturated carbocycles. The molecule has 1 aliphatic rings. The second-order valence-corrected chi connectivity index (χ2v) is 10.4. The molecule has 0 spiro atoms. The van der Waals surface area contributed by atoms with Crippen LogP contribution in [-0.2, 0) is 17.8 Å². The lowest BCUT2D eigenvalue weighted by Crippen LogP contribution is -2.36. The van der Waals surface area contributed by atoms with Crippen LogP contribution in [0.25, 0.3) is 21.6 Å². The van der Waals surface area contributed by atoms with E-state index in [2.05, 4.69) is 65.6 Å². The highest BCUT2D eigenvalue weighted by atomic mass is 32.2. The lowest BCUT2D eigenvalue weighted by atomic mass is 10.1. The molecule has 0 N–H and O–H groups in total. The van der Waals surface area contributed by atoms with Crippen LogP contribution in [0.5, 0.6) is 0 Å². The van der Waals surface area contributed by atoms with Crippen molar-refractivity contribution in [2.75, 3.05) is 26.3 Å². The van der Waals surface area contributed by atoms with E-state index in [-0.39, 0.29) is 0 Å². The van der Waals surface area contributed by atoms with Crippen molar-refractivity contribution < 1.29 is 4.74 Å². The summed E-state index contributed by atoms with van der Waals surface area (Å²) >= 11 is 3.34. The number of rotatable bonds is 6. The fourth-order valence-corrected chi connectivity index (χ4v) is 6.31. The van der Waals surface area contributed by atoms with Crippen molar-refractivity contribution >= 4 is 33.3 Å². The Hall–Kier alpha value is -2.33. The molecule has 0 bridgehead atoms. The Morgan fingerprint density at radius 1 is 1.06 bits per heavy atom. The minimum Gasteiger partial charge on any atom is -0.379 e. The zero-order valence-electron chi connectivity index (χ0n) is 19.5. The second kappa shape index (κ2) is 9.50. The van der Waals surface area contributed by atoms with E-state index in [0.29, 0.717) is 0 Å². The van der Waals surface area contributed by atoms with Crippen molar-refractivity contribution in [3.8, 4) is 11.4 Å². The second-order valence-electron chi connectivity index (χ2n) is 8.26. The van der Waals surface area contributed by atoms with Gasteiger partial charge < -0.3 is 9.30 Å². The summed E-state index contributed by atoms with van der Waals surface area (Å²) in [5.74, 6) is 1.75. The topological polar surface area (TPSA) is 69.0 Å². The Bertz CT molecular complexity index is 1290. The van der Waals surface area contributed by atoms with Gasteiger partial charge in [0.2, 0.25) is 0 Å². The molecule has 5 rings (SSSR count). The van der Waals surface area contributed by atoms with E-state index >= 15 is 0 Å². The molecule has 0 amide bonds. The highest BCUT2D eigenvalue weighted by molar-refractivity contribution is 7.99. The van der Waals surface area contributed by atoms with E-state index in [9.17, 15) is 0 Å². The molecule has 0 radical (unpaired) electrons. The highest BCUT2D eigenvalue weighted by Gasteiger charge is 2.21. The smallest absolute Gasteiger partial charge is 0.197 e. The van der Waals surface area contributed by atoms with E-state index in [0.717, 1.165) is 77.0 Å². The molecule has 4 aromatic rings. The van der Waals surface area contributed by atoms with Gasteiger partial charge in [0, 0.05) is 35.5 Å². The fraction of sp³-hybridized carbons (Fsp3) is 0.417. The van der Waals surface area contributed by atoms with Gasteiger partial charge in [-0.3, -0.25) is 4.90 Å². The minimum atomic E-state index is 0.734. The van der Waals surface area contributed by atoms with E-state index in [1.165, 1.54) is 16.0 Å². The average molecular weight is 481 g/mol. The summed E-state index contributed by atoms with van der Waals surface area (Å²) < 4.78 is 7.68. The summed E-state index contributed by atoms with van der Waals surface area (Å²) in [7, 11) is 0. The van der Waals surface area contributed by atoms with E-state index in [4.69, 9.17) is 14.7 Å². The maximum absolute atomic E-state index is 5.50. The number of ether oxygens (including phenoxy) is 1. The third kappa shape index (κ3) is 4.42. The van der Waals surface area contributed by atoms with Crippen LogP contribution in [0.4, 0.5) is 0 Å². The Balaban J connectivity index is 1.55. The Morgan fingerprint density at radius 3 is 2.61 bits per heavy atom. The zero-order chi connectivity index (χ0) is 22.9. The van der Waals surface area contributed by atoms with Gasteiger partial charge in [0.25, 0.3) is 0 Å². The van der Waals surface area contributed by atoms with Crippen molar-refractivity contribution in [1.29, 1.82) is 0 Å². The van der Waals surface area contributed by atoms with Crippen molar-refractivity contribution in [2.45, 2.75) is 51.0 Å². The molecule has 0 aliphatic carbocycles. The summed E-state index contributed by atoms with van der Waals surface area (Å²) in [4.78, 5) is 14.7. The molecule has 1 aliphatic heterocycles. The third-order valence-electron chi connectivity index (χ3n) is 6.12. The number of morpholine rings is 1. The number of fused-ring (bicyclic) bond motifs is 1. The Labute approximate surface area is 202 Å². The van der Waals surface area contributed by atoms with Gasteiger partial charge in [0.1, 0.15) is 15.7 Å². The van der Waals surface area contributed by atoms with Gasteiger partial charge in [-0.2, -0.15) is 0 Å². The van der Waals surface area contributed by atoms with Crippen molar-refractivity contribution in [3.05, 3.63) is 46.1 Å². The average Bonchev–Trinajstić information content (AvgIpc) is 3.34. The largest absolute Gasteiger partial charge is 0.379 e. The standard InChI is InChI=1S/C24H28N6OS2/c1-5-30-21(18-9-7-6-8-15(18)2)27-28-24(30)33-23-20-16(3)17(4)32-22(20)25-19(26-23)14-29-10-12-31-13-11-29/h6-9H,5,10-14H2,1-4H3. The lowest BCUT2D eigenvalue weighted by Gasteiger charge is -2.25. The number of aryl methyl sites for hydroxylation is 3. The van der Waals surface area contributed by atoms with E-state index < -0.39 is 0 Å². The van der Waals surface area contributed by atoms with Crippen molar-refractivity contribution in [2.24, 2.45) is 0 Å². The molecule has 1 saturated heterocycles. The fourth-order valence-electron chi connectivity index (χ4n) is 4.12. The van der Waals surface area contributed by atoms with Crippen LogP contribution in [0.3, 0.4) is 0 Å². The van der Waals surface area contributed by atoms with Crippen LogP contribution in [0.15, 0.2) is 34.4 Å². The first-order chi connectivity index (χ1) is 16.0. The molecule has 0 atom stereocenters. The van der Waals surface area contributed by atoms with Gasteiger partial charge in [-0.1, -0.05) is 24.3 Å². The lowest BCUT2D eigenvalue weighted by molar-refractivity contribution is 0.0330. The predicted octanol–water partition coefficient (Wildman–Crippen LogP) is 4.88. The highest BCUT2D eigenvalue weighted by Crippen LogP contribution is 2.38. The molecule has 172 valence electrons. The van der Waals surface area contributed by atoms with Gasteiger partial charge in [-0.15, -0.1) is 21.5 Å². The van der Waals surface area contributed by atoms with E-state index in [1.54, 1.807) is 23.1 Å². The Kier molecular flexibility index (Phi) is 6.47. The van der Waals surface area contributed by atoms with Gasteiger partial charge >= 0.3 is 0 Å². The molecular formula is C24H28N6OS2. The summed E-state index contributed by atoms with van der Waals surface area (Å²) in [6.45, 7) is 13.4. The molecule has 0 unspecified atom stereocenters. The predicted molar refractivity (Wildman–Crippen MR) is 133 cm³/mol. The third-order valence-corrected chi connectivity index (χ3v) is 8.19. The maximum atomic E-state index is 5.50. The van der Waals surface area contributed by atoms with Crippen LogP contribution in [0.2, 0.25) is 0 Å². The summed E-state index contributed by atoms with van der Waals surface area (Å²) in [5.41, 5.74) is 3.55. The molecule has 9 heteroatoms. The molecular weight excluding hydrogens is 452 g/mol. The van der Waals surface area contributed by atoms with Crippen molar-refractivity contribution in [3.63, 3.8) is 0 Å². The monoisotopic (exact) mass is 480 g/mol. The first-order valence-corrected chi connectivity index (χ1v) is 12.9. The molecule has 7 nitrogen and oxygen atoms in total. The normalized spacial score (nSPS) is 14.9. The first kappa shape index (κ1) is 22.5. The number of hydrogen-bond donors (Lipinski definition) is 0. The SMILES string of the molecule is CCn1c(Sc2nc(CN3CCOCC3)nc3sc(C)c(C)c23)nnc1-c1ccccc1C. The van der Waals surface area contributed by atoms with E-state index in [1.807, 2.05) is 6.07 Å². The van der Waals surface area contributed by atoms with Crippen molar-refractivity contribution in [1.82, 2.24) is 29.6 Å². The summed E-state index contributed by atoms with van der Waals surface area (Å²) in [6, 6.07) is 8.32. The molecule has 1 fully saturated rings. The minimum absolute atomic E-state index is 0.734. The van der Waals surface area contributed by atoms with Gasteiger partial charge in [-0.25, -0.2) is 9.97 Å². The molecule has 3 aromatic heterocycles. The quantitative estimate of drug-likeness (QED) is 0.364. The van der Waals surface area contributed by atoms with Crippen LogP contribution in [0, 0.1) is 20.8 Å². The van der Waals surface area contributed by atoms with Gasteiger partial charge in [0.15, 0.2) is 11.0 Å². The van der Waals surface area contributed by atoms with Crippen LogP contribution >= 0.6 is 23.1 Å². The first-order valence-electron chi connectivity index (χ1n) is 11.3. The van der Waals surface area contributed by atoms with Crippen LogP contribution in [-0.4, -0.2) is 55.9 Å². The Morgan fingerprint density at radius 2 is 1.85 bits per heavy atom. The molecule has 1 aromatic carbocycles. The number of thiophene rings is 1. The summed E-state index contributed by atoms with van der Waals surface area (Å²) in [5, 5.41) is 12.1. The number of hydrogen-bond acceptors (Lipinski definition) is 8. The molecule has 4 heterocycles. The molecule has 33 heavy (non-hydrogen) atoms. The maximum Gasteiger partial charge on any atom is 0.197 e. The van der Waals surface area contributed by atoms with Crippen LogP contribution in [0.1, 0.15) is 28.8 Å². The van der Waals surface area contributed by atoms with Gasteiger partial charge in [0.05, 0.1) is 19.8 Å². The van der Waals surface area contributed by atoms with Crippen LogP contribution < -0.4 is 0 Å². The van der Waals surface area contributed by atoms with Gasteiger partial charge in [-0.05, 0) is 50.6 Å². The number of benzene rings is 1.